The van der Waals surface area contributed by atoms with Crippen molar-refractivity contribution in [3.8, 4) is 0 Å². The Hall–Kier alpha value is -2.14. The molecule has 0 unspecified atom stereocenters. The molecule has 0 aliphatic heterocycles. The lowest BCUT2D eigenvalue weighted by molar-refractivity contribution is -0.145. The fourth-order valence-corrected chi connectivity index (χ4v) is 1.41. The predicted octanol–water partition coefficient (Wildman–Crippen LogP) is 2.90. The Morgan fingerprint density at radius 3 is 2.63 bits per heavy atom. The highest BCUT2D eigenvalue weighted by atomic mass is 16.6. The predicted molar refractivity (Wildman–Crippen MR) is 69.3 cm³/mol. The third kappa shape index (κ3) is 5.83. The lowest BCUT2D eigenvalue weighted by atomic mass is 10.2. The zero-order chi connectivity index (χ0) is 14.1. The standard InChI is InChI=1S/C14H17NO4/c1-2-3-5-10-13(16)19-14(17)15(18)11-12-8-6-4-7-9-12/h2,4,6-9,18H,1,3,5,10-11H2. The highest BCUT2D eigenvalue weighted by Crippen LogP contribution is 2.05. The van der Waals surface area contributed by atoms with Crippen molar-refractivity contribution in [3.63, 3.8) is 0 Å². The van der Waals surface area contributed by atoms with Crippen molar-refractivity contribution in [1.29, 1.82) is 0 Å². The van der Waals surface area contributed by atoms with Crippen molar-refractivity contribution < 1.29 is 19.5 Å². The number of esters is 1. The van der Waals surface area contributed by atoms with E-state index in [0.717, 1.165) is 5.56 Å². The maximum atomic E-state index is 11.4. The van der Waals surface area contributed by atoms with Crippen molar-refractivity contribution in [2.24, 2.45) is 0 Å². The monoisotopic (exact) mass is 263 g/mol. The van der Waals surface area contributed by atoms with Gasteiger partial charge in [-0.1, -0.05) is 36.4 Å². The molecule has 0 radical (unpaired) electrons. The first-order valence-electron chi connectivity index (χ1n) is 5.99. The van der Waals surface area contributed by atoms with Crippen LogP contribution in [0.5, 0.6) is 0 Å². The van der Waals surface area contributed by atoms with Gasteiger partial charge in [0.15, 0.2) is 0 Å². The zero-order valence-electron chi connectivity index (χ0n) is 10.6. The fraction of sp³-hybridized carbons (Fsp3) is 0.286. The number of hydroxylamine groups is 2. The van der Waals surface area contributed by atoms with E-state index in [-0.39, 0.29) is 13.0 Å². The Labute approximate surface area is 112 Å². The van der Waals surface area contributed by atoms with Crippen molar-refractivity contribution in [2.45, 2.75) is 25.8 Å². The van der Waals surface area contributed by atoms with Gasteiger partial charge >= 0.3 is 12.1 Å². The summed E-state index contributed by atoms with van der Waals surface area (Å²) in [7, 11) is 0. The molecule has 1 aromatic rings. The van der Waals surface area contributed by atoms with Gasteiger partial charge in [0, 0.05) is 6.42 Å². The maximum Gasteiger partial charge on any atom is 0.441 e. The number of amides is 1. The van der Waals surface area contributed by atoms with Crippen LogP contribution in [0.15, 0.2) is 43.0 Å². The van der Waals surface area contributed by atoms with Gasteiger partial charge in [-0.05, 0) is 18.4 Å². The molecule has 0 heterocycles. The van der Waals surface area contributed by atoms with Crippen LogP contribution in [0.3, 0.4) is 0 Å². The number of hydrogen-bond acceptors (Lipinski definition) is 4. The van der Waals surface area contributed by atoms with Crippen LogP contribution < -0.4 is 0 Å². The molecule has 0 aliphatic rings. The third-order valence-electron chi connectivity index (χ3n) is 2.38. The molecule has 0 fully saturated rings. The summed E-state index contributed by atoms with van der Waals surface area (Å²) >= 11 is 0. The van der Waals surface area contributed by atoms with Crippen LogP contribution in [0.4, 0.5) is 4.79 Å². The number of rotatable bonds is 6. The van der Waals surface area contributed by atoms with Gasteiger partial charge in [0.05, 0.1) is 6.54 Å². The summed E-state index contributed by atoms with van der Waals surface area (Å²) in [4.78, 5) is 22.7. The molecule has 1 aromatic carbocycles. The van der Waals surface area contributed by atoms with Gasteiger partial charge in [-0.15, -0.1) is 6.58 Å². The summed E-state index contributed by atoms with van der Waals surface area (Å²) in [5.74, 6) is -0.654. The van der Waals surface area contributed by atoms with E-state index in [1.165, 1.54) is 0 Å². The minimum absolute atomic E-state index is 0.0282. The quantitative estimate of drug-likeness (QED) is 0.214. The van der Waals surface area contributed by atoms with Gasteiger partial charge in [0.2, 0.25) is 0 Å². The smallest absolute Gasteiger partial charge is 0.375 e. The van der Waals surface area contributed by atoms with Crippen molar-refractivity contribution >= 4 is 12.1 Å². The van der Waals surface area contributed by atoms with Gasteiger partial charge < -0.3 is 4.74 Å². The van der Waals surface area contributed by atoms with E-state index in [0.29, 0.717) is 17.9 Å². The van der Waals surface area contributed by atoms with Crippen LogP contribution in [-0.2, 0) is 16.1 Å². The fourth-order valence-electron chi connectivity index (χ4n) is 1.41. The molecule has 0 saturated heterocycles. The summed E-state index contributed by atoms with van der Waals surface area (Å²) in [6.07, 6.45) is 1.99. The van der Waals surface area contributed by atoms with E-state index in [1.54, 1.807) is 30.3 Å². The molecule has 1 rings (SSSR count). The summed E-state index contributed by atoms with van der Waals surface area (Å²) in [6.45, 7) is 3.50. The topological polar surface area (TPSA) is 66.8 Å². The first-order valence-corrected chi connectivity index (χ1v) is 5.99. The van der Waals surface area contributed by atoms with Crippen molar-refractivity contribution in [2.75, 3.05) is 0 Å². The molecule has 5 nitrogen and oxygen atoms in total. The number of carbonyl (C=O) groups is 2. The largest absolute Gasteiger partial charge is 0.441 e. The minimum atomic E-state index is -1.06. The Bertz CT molecular complexity index is 430. The molecule has 0 aliphatic carbocycles. The van der Waals surface area contributed by atoms with Crippen LogP contribution in [0.1, 0.15) is 24.8 Å². The van der Waals surface area contributed by atoms with Crippen molar-refractivity contribution in [1.82, 2.24) is 5.06 Å². The molecule has 1 N–H and O–H groups in total. The second-order valence-corrected chi connectivity index (χ2v) is 3.96. The van der Waals surface area contributed by atoms with Crippen LogP contribution in [0.25, 0.3) is 0 Å². The molecule has 0 bridgehead atoms. The normalized spacial score (nSPS) is 9.74. The van der Waals surface area contributed by atoms with Gasteiger partial charge in [0.25, 0.3) is 0 Å². The Morgan fingerprint density at radius 1 is 1.32 bits per heavy atom. The average molecular weight is 263 g/mol. The number of benzene rings is 1. The van der Waals surface area contributed by atoms with Crippen LogP contribution in [0.2, 0.25) is 0 Å². The number of allylic oxidation sites excluding steroid dienone is 1. The van der Waals surface area contributed by atoms with E-state index in [9.17, 15) is 14.8 Å². The molecule has 1 amide bonds. The highest BCUT2D eigenvalue weighted by Gasteiger charge is 2.16. The summed E-state index contributed by atoms with van der Waals surface area (Å²) in [5.41, 5.74) is 0.737. The SMILES string of the molecule is C=CCCCC(=O)OC(=O)N(O)Cc1ccccc1. The van der Waals surface area contributed by atoms with Gasteiger partial charge in [-0.2, -0.15) is 5.06 Å². The molecule has 0 atom stereocenters. The van der Waals surface area contributed by atoms with E-state index in [4.69, 9.17) is 0 Å². The maximum absolute atomic E-state index is 11.4. The molecule has 0 aromatic heterocycles. The van der Waals surface area contributed by atoms with Gasteiger partial charge in [-0.3, -0.25) is 10.0 Å². The summed E-state index contributed by atoms with van der Waals surface area (Å²) < 4.78 is 4.49. The number of ether oxygens (including phenoxy) is 1. The number of unbranched alkanes of at least 4 members (excludes halogenated alkanes) is 1. The molecule has 0 saturated carbocycles. The lowest BCUT2D eigenvalue weighted by Gasteiger charge is -2.13. The number of nitrogens with zero attached hydrogens (tertiary/aromatic N) is 1. The van der Waals surface area contributed by atoms with E-state index < -0.39 is 12.1 Å². The first kappa shape index (κ1) is 14.9. The molecular formula is C14H17NO4. The Morgan fingerprint density at radius 2 is 2.00 bits per heavy atom. The van der Waals surface area contributed by atoms with Crippen molar-refractivity contribution in [3.05, 3.63) is 48.6 Å². The van der Waals surface area contributed by atoms with Crippen LogP contribution in [0, 0.1) is 0 Å². The minimum Gasteiger partial charge on any atom is -0.375 e. The first-order chi connectivity index (χ1) is 9.13. The molecular weight excluding hydrogens is 246 g/mol. The van der Waals surface area contributed by atoms with Crippen LogP contribution in [-0.4, -0.2) is 22.3 Å². The van der Waals surface area contributed by atoms with E-state index >= 15 is 0 Å². The summed E-state index contributed by atoms with van der Waals surface area (Å²) in [6, 6.07) is 8.90. The Balaban J connectivity index is 2.36. The molecule has 5 heteroatoms. The van der Waals surface area contributed by atoms with Crippen LogP contribution >= 0.6 is 0 Å². The molecule has 0 spiro atoms. The van der Waals surface area contributed by atoms with Gasteiger partial charge in [-0.25, -0.2) is 4.79 Å². The second kappa shape index (κ2) is 8.05. The van der Waals surface area contributed by atoms with Gasteiger partial charge in [0.1, 0.15) is 0 Å². The average Bonchev–Trinajstić information content (AvgIpc) is 2.40. The number of hydrogen-bond donors (Lipinski definition) is 1. The second-order valence-electron chi connectivity index (χ2n) is 3.96. The van der Waals surface area contributed by atoms with E-state index in [1.807, 2.05) is 6.07 Å². The Kier molecular flexibility index (Phi) is 6.32. The zero-order valence-corrected chi connectivity index (χ0v) is 10.6. The lowest BCUT2D eigenvalue weighted by Crippen LogP contribution is -2.29. The van der Waals surface area contributed by atoms with E-state index in [2.05, 4.69) is 11.3 Å². The number of carbonyl (C=O) groups excluding carboxylic acids is 2. The third-order valence-corrected chi connectivity index (χ3v) is 2.38. The highest BCUT2D eigenvalue weighted by molar-refractivity contribution is 5.83. The molecule has 19 heavy (non-hydrogen) atoms. The summed E-state index contributed by atoms with van der Waals surface area (Å²) in [5, 5.41) is 9.86. The molecule has 102 valence electrons.